The van der Waals surface area contributed by atoms with Crippen molar-refractivity contribution in [1.29, 1.82) is 0 Å². The minimum atomic E-state index is 0.874. The molecule has 2 heterocycles. The summed E-state index contributed by atoms with van der Waals surface area (Å²) in [6.45, 7) is 4.08. The van der Waals surface area contributed by atoms with E-state index in [1.165, 1.54) is 5.56 Å². The van der Waals surface area contributed by atoms with Crippen LogP contribution in [0.25, 0.3) is 5.52 Å². The van der Waals surface area contributed by atoms with Gasteiger partial charge in [-0.2, -0.15) is 0 Å². The minimum absolute atomic E-state index is 0.874. The van der Waals surface area contributed by atoms with E-state index >= 15 is 0 Å². The fourth-order valence-electron chi connectivity index (χ4n) is 1.30. The SMILES string of the molecule is Cc1ccc2c(C)nc(Br)n2c1. The van der Waals surface area contributed by atoms with Gasteiger partial charge in [0.1, 0.15) is 0 Å². The molecule has 0 aliphatic carbocycles. The molecular formula is C9H9BrN2. The standard InChI is InChI=1S/C9H9BrN2/c1-6-3-4-8-7(2)11-9(10)12(8)5-6/h3-5H,1-2H3. The van der Waals surface area contributed by atoms with E-state index < -0.39 is 0 Å². The average molecular weight is 225 g/mol. The van der Waals surface area contributed by atoms with Gasteiger partial charge in [0.2, 0.25) is 0 Å². The molecule has 62 valence electrons. The number of aromatic nitrogens is 2. The van der Waals surface area contributed by atoms with Crippen LogP contribution in [-0.2, 0) is 0 Å². The number of fused-ring (bicyclic) bond motifs is 1. The number of halogens is 1. The third-order valence-corrected chi connectivity index (χ3v) is 2.49. The van der Waals surface area contributed by atoms with Crippen LogP contribution >= 0.6 is 15.9 Å². The average Bonchev–Trinajstić information content (AvgIpc) is 2.28. The smallest absolute Gasteiger partial charge is 0.181 e. The molecule has 0 radical (unpaired) electrons. The van der Waals surface area contributed by atoms with Crippen molar-refractivity contribution in [3.63, 3.8) is 0 Å². The normalized spacial score (nSPS) is 10.9. The lowest BCUT2D eigenvalue weighted by Gasteiger charge is -1.96. The summed E-state index contributed by atoms with van der Waals surface area (Å²) in [5.74, 6) is 0. The molecular weight excluding hydrogens is 216 g/mol. The summed E-state index contributed by atoms with van der Waals surface area (Å²) < 4.78 is 2.92. The van der Waals surface area contributed by atoms with E-state index in [0.717, 1.165) is 15.9 Å². The van der Waals surface area contributed by atoms with Gasteiger partial charge in [0.25, 0.3) is 0 Å². The van der Waals surface area contributed by atoms with Crippen molar-refractivity contribution in [2.24, 2.45) is 0 Å². The number of hydrogen-bond acceptors (Lipinski definition) is 1. The molecule has 2 aromatic heterocycles. The zero-order valence-corrected chi connectivity index (χ0v) is 8.59. The molecule has 0 aromatic carbocycles. The van der Waals surface area contributed by atoms with E-state index in [9.17, 15) is 0 Å². The molecule has 0 aliphatic heterocycles. The maximum atomic E-state index is 4.31. The van der Waals surface area contributed by atoms with Gasteiger partial charge in [-0.05, 0) is 41.4 Å². The predicted octanol–water partition coefficient (Wildman–Crippen LogP) is 2.71. The second kappa shape index (κ2) is 2.59. The highest BCUT2D eigenvalue weighted by molar-refractivity contribution is 9.10. The molecule has 3 heteroatoms. The van der Waals surface area contributed by atoms with Gasteiger partial charge in [-0.3, -0.25) is 4.40 Å². The number of pyridine rings is 1. The first-order valence-corrected chi connectivity index (χ1v) is 4.58. The number of nitrogens with zero attached hydrogens (tertiary/aromatic N) is 2. The summed E-state index contributed by atoms with van der Waals surface area (Å²) in [7, 11) is 0. The van der Waals surface area contributed by atoms with Crippen LogP contribution in [0, 0.1) is 13.8 Å². The van der Waals surface area contributed by atoms with Crippen LogP contribution in [0.5, 0.6) is 0 Å². The zero-order valence-electron chi connectivity index (χ0n) is 7.00. The van der Waals surface area contributed by atoms with E-state index in [-0.39, 0.29) is 0 Å². The molecule has 0 saturated carbocycles. The molecule has 0 unspecified atom stereocenters. The lowest BCUT2D eigenvalue weighted by molar-refractivity contribution is 1.08. The van der Waals surface area contributed by atoms with Gasteiger partial charge in [0.15, 0.2) is 4.73 Å². The predicted molar refractivity (Wildman–Crippen MR) is 52.4 cm³/mol. The lowest BCUT2D eigenvalue weighted by Crippen LogP contribution is -1.85. The first-order chi connectivity index (χ1) is 5.68. The summed E-state index contributed by atoms with van der Waals surface area (Å²) in [5, 5.41) is 0. The number of aryl methyl sites for hydroxylation is 2. The summed E-state index contributed by atoms with van der Waals surface area (Å²) in [4.78, 5) is 4.31. The highest BCUT2D eigenvalue weighted by atomic mass is 79.9. The lowest BCUT2D eigenvalue weighted by atomic mass is 10.3. The van der Waals surface area contributed by atoms with Crippen molar-refractivity contribution in [3.05, 3.63) is 34.3 Å². The van der Waals surface area contributed by atoms with Crippen molar-refractivity contribution in [3.8, 4) is 0 Å². The van der Waals surface area contributed by atoms with E-state index in [0.29, 0.717) is 0 Å². The van der Waals surface area contributed by atoms with Crippen molar-refractivity contribution in [2.75, 3.05) is 0 Å². The van der Waals surface area contributed by atoms with Gasteiger partial charge in [0, 0.05) is 6.20 Å². The van der Waals surface area contributed by atoms with Crippen molar-refractivity contribution in [2.45, 2.75) is 13.8 Å². The fourth-order valence-corrected chi connectivity index (χ4v) is 1.86. The molecule has 2 nitrogen and oxygen atoms in total. The maximum Gasteiger partial charge on any atom is 0.181 e. The van der Waals surface area contributed by atoms with E-state index in [4.69, 9.17) is 0 Å². The molecule has 2 rings (SSSR count). The summed E-state index contributed by atoms with van der Waals surface area (Å²) in [5.41, 5.74) is 3.45. The number of imidazole rings is 1. The van der Waals surface area contributed by atoms with Gasteiger partial charge in [-0.25, -0.2) is 4.98 Å². The molecule has 0 N–H and O–H groups in total. The Morgan fingerprint density at radius 3 is 2.83 bits per heavy atom. The third kappa shape index (κ3) is 1.05. The first kappa shape index (κ1) is 7.80. The Bertz CT molecular complexity index is 431. The first-order valence-electron chi connectivity index (χ1n) is 3.79. The van der Waals surface area contributed by atoms with Crippen molar-refractivity contribution in [1.82, 2.24) is 9.38 Å². The van der Waals surface area contributed by atoms with Crippen LogP contribution < -0.4 is 0 Å². The maximum absolute atomic E-state index is 4.31. The van der Waals surface area contributed by atoms with E-state index in [2.05, 4.69) is 46.2 Å². The Kier molecular flexibility index (Phi) is 1.68. The highest BCUT2D eigenvalue weighted by Gasteiger charge is 2.03. The van der Waals surface area contributed by atoms with Crippen LogP contribution in [0.4, 0.5) is 0 Å². The van der Waals surface area contributed by atoms with Crippen molar-refractivity contribution < 1.29 is 0 Å². The molecule has 12 heavy (non-hydrogen) atoms. The molecule has 0 saturated heterocycles. The molecule has 2 aromatic rings. The Morgan fingerprint density at radius 1 is 1.33 bits per heavy atom. The van der Waals surface area contributed by atoms with Crippen LogP contribution in [0.15, 0.2) is 23.1 Å². The minimum Gasteiger partial charge on any atom is -0.294 e. The van der Waals surface area contributed by atoms with Crippen molar-refractivity contribution >= 4 is 21.4 Å². The fraction of sp³-hybridized carbons (Fsp3) is 0.222. The molecule has 0 atom stereocenters. The summed E-state index contributed by atoms with van der Waals surface area (Å²) in [6, 6.07) is 4.18. The monoisotopic (exact) mass is 224 g/mol. The van der Waals surface area contributed by atoms with Crippen LogP contribution in [0.1, 0.15) is 11.3 Å². The summed E-state index contributed by atoms with van der Waals surface area (Å²) in [6.07, 6.45) is 2.07. The molecule has 0 aliphatic rings. The van der Waals surface area contributed by atoms with E-state index in [1.807, 2.05) is 11.3 Å². The van der Waals surface area contributed by atoms with Gasteiger partial charge in [0.05, 0.1) is 11.2 Å². The topological polar surface area (TPSA) is 17.3 Å². The number of hydrogen-bond donors (Lipinski definition) is 0. The zero-order chi connectivity index (χ0) is 8.72. The van der Waals surface area contributed by atoms with Crippen LogP contribution in [0.2, 0.25) is 0 Å². The van der Waals surface area contributed by atoms with Gasteiger partial charge < -0.3 is 0 Å². The van der Waals surface area contributed by atoms with Gasteiger partial charge in [-0.1, -0.05) is 6.07 Å². The van der Waals surface area contributed by atoms with Crippen LogP contribution in [0.3, 0.4) is 0 Å². The molecule has 0 fully saturated rings. The molecule has 0 bridgehead atoms. The Balaban J connectivity index is 2.90. The highest BCUT2D eigenvalue weighted by Crippen LogP contribution is 2.17. The van der Waals surface area contributed by atoms with Gasteiger partial charge >= 0.3 is 0 Å². The summed E-state index contributed by atoms with van der Waals surface area (Å²) >= 11 is 3.40. The molecule has 0 spiro atoms. The largest absolute Gasteiger partial charge is 0.294 e. The Morgan fingerprint density at radius 2 is 2.08 bits per heavy atom. The third-order valence-electron chi connectivity index (χ3n) is 1.93. The van der Waals surface area contributed by atoms with Crippen LogP contribution in [-0.4, -0.2) is 9.38 Å². The van der Waals surface area contributed by atoms with E-state index in [1.54, 1.807) is 0 Å². The quantitative estimate of drug-likeness (QED) is 0.673. The Labute approximate surface area is 79.4 Å². The second-order valence-electron chi connectivity index (χ2n) is 2.93. The Hall–Kier alpha value is -0.830. The second-order valence-corrected chi connectivity index (χ2v) is 3.64. The molecule has 0 amide bonds. The van der Waals surface area contributed by atoms with Gasteiger partial charge in [-0.15, -0.1) is 0 Å². The number of rotatable bonds is 0.